The summed E-state index contributed by atoms with van der Waals surface area (Å²) in [6.45, 7) is 0.184. The summed E-state index contributed by atoms with van der Waals surface area (Å²) >= 11 is 8.89. The zero-order chi connectivity index (χ0) is 15.6. The highest BCUT2D eigenvalue weighted by molar-refractivity contribution is 9.10. The van der Waals surface area contributed by atoms with Crippen molar-refractivity contribution in [1.29, 1.82) is 0 Å². The van der Waals surface area contributed by atoms with Crippen molar-refractivity contribution < 1.29 is 17.5 Å². The minimum atomic E-state index is -4.12. The maximum absolute atomic E-state index is 13.7. The predicted molar refractivity (Wildman–Crippen MR) is 81.3 cm³/mol. The molecule has 2 N–H and O–H groups in total. The van der Waals surface area contributed by atoms with E-state index < -0.39 is 20.7 Å². The second kappa shape index (κ2) is 6.31. The number of halogens is 3. The topological polar surface area (TPSA) is 69.4 Å². The molecule has 0 aliphatic carbocycles. The molecule has 0 saturated carbocycles. The normalized spacial score (nSPS) is 11.4. The Hall–Kier alpha value is -1.15. The highest BCUT2D eigenvalue weighted by Gasteiger charge is 2.18. The second-order valence-corrected chi connectivity index (χ2v) is 6.99. The number of primary sulfonamides is 1. The van der Waals surface area contributed by atoms with Crippen LogP contribution in [0, 0.1) is 5.82 Å². The molecule has 8 heteroatoms. The number of sulfonamides is 1. The summed E-state index contributed by atoms with van der Waals surface area (Å²) in [5.74, 6) is -0.790. The smallest absolute Gasteiger partial charge is 0.241 e. The molecular formula is C13H10BrClFNO3S. The minimum Gasteiger partial charge on any atom is -0.488 e. The van der Waals surface area contributed by atoms with Gasteiger partial charge in [0.15, 0.2) is 0 Å². The molecule has 0 atom stereocenters. The Morgan fingerprint density at radius 3 is 2.43 bits per heavy atom. The third-order valence-corrected chi connectivity index (χ3v) is 4.40. The fraction of sp³-hybridized carbons (Fsp3) is 0.0769. The van der Waals surface area contributed by atoms with E-state index in [-0.39, 0.29) is 12.4 Å². The third kappa shape index (κ3) is 4.16. The quantitative estimate of drug-likeness (QED) is 0.863. The summed E-state index contributed by atoms with van der Waals surface area (Å²) < 4.78 is 41.9. The van der Waals surface area contributed by atoms with E-state index >= 15 is 0 Å². The lowest BCUT2D eigenvalue weighted by Gasteiger charge is -2.10. The molecule has 0 aliphatic rings. The van der Waals surface area contributed by atoms with Gasteiger partial charge < -0.3 is 4.74 Å². The van der Waals surface area contributed by atoms with Crippen LogP contribution in [0.5, 0.6) is 5.75 Å². The van der Waals surface area contributed by atoms with Gasteiger partial charge in [-0.15, -0.1) is 0 Å². The van der Waals surface area contributed by atoms with Gasteiger partial charge in [0.2, 0.25) is 10.0 Å². The Balaban J connectivity index is 2.21. The molecule has 2 aromatic rings. The van der Waals surface area contributed by atoms with E-state index in [1.165, 1.54) is 0 Å². The van der Waals surface area contributed by atoms with Crippen molar-refractivity contribution in [1.82, 2.24) is 0 Å². The maximum Gasteiger partial charge on any atom is 0.241 e. The molecule has 112 valence electrons. The van der Waals surface area contributed by atoms with E-state index in [1.54, 1.807) is 24.3 Å². The maximum atomic E-state index is 13.7. The molecule has 0 aromatic heterocycles. The first-order valence-electron chi connectivity index (χ1n) is 5.66. The SMILES string of the molecule is NS(=O)(=O)c1cc(Br)c(OCc2ccc(Cl)cc2)cc1F. The van der Waals surface area contributed by atoms with Gasteiger partial charge in [-0.1, -0.05) is 23.7 Å². The summed E-state index contributed by atoms with van der Waals surface area (Å²) in [5.41, 5.74) is 0.835. The van der Waals surface area contributed by atoms with Gasteiger partial charge in [0.1, 0.15) is 23.1 Å². The lowest BCUT2D eigenvalue weighted by molar-refractivity contribution is 0.302. The zero-order valence-electron chi connectivity index (χ0n) is 10.5. The van der Waals surface area contributed by atoms with Crippen LogP contribution in [0.1, 0.15) is 5.56 Å². The van der Waals surface area contributed by atoms with Crippen molar-refractivity contribution in [3.05, 3.63) is 57.3 Å². The van der Waals surface area contributed by atoms with Crippen molar-refractivity contribution >= 4 is 37.6 Å². The predicted octanol–water partition coefficient (Wildman–Crippen LogP) is 3.47. The highest BCUT2D eigenvalue weighted by Crippen LogP contribution is 2.30. The molecule has 4 nitrogen and oxygen atoms in total. The van der Waals surface area contributed by atoms with Crippen LogP contribution in [0.15, 0.2) is 45.8 Å². The molecule has 0 heterocycles. The zero-order valence-corrected chi connectivity index (χ0v) is 13.7. The number of nitrogens with two attached hydrogens (primary N) is 1. The van der Waals surface area contributed by atoms with Crippen LogP contribution in [0.25, 0.3) is 0 Å². The van der Waals surface area contributed by atoms with Crippen LogP contribution in [0.4, 0.5) is 4.39 Å². The van der Waals surface area contributed by atoms with Gasteiger partial charge in [-0.2, -0.15) is 0 Å². The molecule has 0 saturated heterocycles. The molecule has 0 bridgehead atoms. The standard InChI is InChI=1S/C13H10BrClFNO3S/c14-10-5-13(21(17,18)19)11(16)6-12(10)20-7-8-1-3-9(15)4-2-8/h1-6H,7H2,(H2,17,18,19). The summed E-state index contributed by atoms with van der Waals surface area (Å²) in [7, 11) is -4.12. The average molecular weight is 395 g/mol. The van der Waals surface area contributed by atoms with E-state index in [2.05, 4.69) is 15.9 Å². The van der Waals surface area contributed by atoms with Crippen molar-refractivity contribution in [2.24, 2.45) is 5.14 Å². The van der Waals surface area contributed by atoms with Crippen molar-refractivity contribution in [2.45, 2.75) is 11.5 Å². The number of hydrogen-bond acceptors (Lipinski definition) is 3. The van der Waals surface area contributed by atoms with E-state index in [0.717, 1.165) is 17.7 Å². The van der Waals surface area contributed by atoms with Gasteiger partial charge in [-0.25, -0.2) is 17.9 Å². The minimum absolute atomic E-state index is 0.176. The van der Waals surface area contributed by atoms with Crippen LogP contribution in [0.3, 0.4) is 0 Å². The summed E-state index contributed by atoms with van der Waals surface area (Å²) in [6, 6.07) is 9.00. The van der Waals surface area contributed by atoms with Crippen LogP contribution < -0.4 is 9.88 Å². The second-order valence-electron chi connectivity index (χ2n) is 4.17. The van der Waals surface area contributed by atoms with Gasteiger partial charge in [-0.05, 0) is 39.7 Å². The van der Waals surface area contributed by atoms with E-state index in [0.29, 0.717) is 9.50 Å². The van der Waals surface area contributed by atoms with E-state index in [9.17, 15) is 12.8 Å². The molecule has 0 fully saturated rings. The van der Waals surface area contributed by atoms with Crippen molar-refractivity contribution in [3.8, 4) is 5.75 Å². The van der Waals surface area contributed by atoms with Gasteiger partial charge in [0.25, 0.3) is 0 Å². The average Bonchev–Trinajstić information content (AvgIpc) is 2.40. The molecule has 2 rings (SSSR count). The number of ether oxygens (including phenoxy) is 1. The fourth-order valence-corrected chi connectivity index (χ4v) is 2.93. The first-order chi connectivity index (χ1) is 9.77. The van der Waals surface area contributed by atoms with Gasteiger partial charge in [0.05, 0.1) is 4.47 Å². The van der Waals surface area contributed by atoms with Gasteiger partial charge in [0, 0.05) is 11.1 Å². The largest absolute Gasteiger partial charge is 0.488 e. The molecule has 0 aliphatic heterocycles. The first kappa shape index (κ1) is 16.2. The van der Waals surface area contributed by atoms with Crippen molar-refractivity contribution in [2.75, 3.05) is 0 Å². The van der Waals surface area contributed by atoms with Crippen LogP contribution in [-0.4, -0.2) is 8.42 Å². The Labute approximate surface area is 134 Å². The summed E-state index contributed by atoms with van der Waals surface area (Å²) in [4.78, 5) is -0.590. The molecule has 0 radical (unpaired) electrons. The molecule has 0 spiro atoms. The molecule has 2 aromatic carbocycles. The van der Waals surface area contributed by atoms with E-state index in [1.807, 2.05) is 0 Å². The van der Waals surface area contributed by atoms with E-state index in [4.69, 9.17) is 21.5 Å². The lowest BCUT2D eigenvalue weighted by Crippen LogP contribution is -2.14. The Morgan fingerprint density at radius 1 is 1.24 bits per heavy atom. The number of hydrogen-bond donors (Lipinski definition) is 1. The highest BCUT2D eigenvalue weighted by atomic mass is 79.9. The summed E-state index contributed by atoms with van der Waals surface area (Å²) in [6.07, 6.45) is 0. The Morgan fingerprint density at radius 2 is 1.86 bits per heavy atom. The van der Waals surface area contributed by atoms with Gasteiger partial charge >= 0.3 is 0 Å². The van der Waals surface area contributed by atoms with Crippen LogP contribution in [-0.2, 0) is 16.6 Å². The molecule has 21 heavy (non-hydrogen) atoms. The number of benzene rings is 2. The van der Waals surface area contributed by atoms with Gasteiger partial charge in [-0.3, -0.25) is 0 Å². The Bertz CT molecular complexity index is 766. The van der Waals surface area contributed by atoms with Crippen molar-refractivity contribution in [3.63, 3.8) is 0 Å². The monoisotopic (exact) mass is 393 g/mol. The molecule has 0 amide bonds. The summed E-state index contributed by atoms with van der Waals surface area (Å²) in [5, 5.41) is 5.51. The lowest BCUT2D eigenvalue weighted by atomic mass is 10.2. The van der Waals surface area contributed by atoms with Crippen LogP contribution in [0.2, 0.25) is 5.02 Å². The fourth-order valence-electron chi connectivity index (χ4n) is 1.58. The third-order valence-electron chi connectivity index (χ3n) is 2.60. The molecule has 0 unspecified atom stereocenters. The molecular weight excluding hydrogens is 385 g/mol. The van der Waals surface area contributed by atoms with Crippen LogP contribution >= 0.6 is 27.5 Å². The first-order valence-corrected chi connectivity index (χ1v) is 8.38. The number of rotatable bonds is 4. The Kier molecular flexibility index (Phi) is 4.88.